The molecule has 1 aromatic heterocycles. The predicted octanol–water partition coefficient (Wildman–Crippen LogP) is 2.57. The molecule has 1 aromatic rings. The topological polar surface area (TPSA) is 61.8 Å². The zero-order valence-corrected chi connectivity index (χ0v) is 8.37. The van der Waals surface area contributed by atoms with Gasteiger partial charge in [0.2, 0.25) is 0 Å². The van der Waals surface area contributed by atoms with E-state index in [2.05, 4.69) is 5.32 Å². The van der Waals surface area contributed by atoms with Crippen molar-refractivity contribution in [2.24, 2.45) is 0 Å². The third-order valence-electron chi connectivity index (χ3n) is 1.57. The van der Waals surface area contributed by atoms with Crippen LogP contribution in [0, 0.1) is 11.3 Å². The first-order valence-electron chi connectivity index (χ1n) is 4.02. The molecule has 0 aliphatic heterocycles. The number of nitrogens with one attached hydrogen (secondary N) is 1. The Morgan fingerprint density at radius 2 is 2.20 bits per heavy atom. The summed E-state index contributed by atoms with van der Waals surface area (Å²) in [5.74, 6) is 0. The molecule has 0 atom stereocenters. The molecule has 1 heterocycles. The van der Waals surface area contributed by atoms with Gasteiger partial charge in [0.25, 0.3) is 0 Å². The van der Waals surface area contributed by atoms with Crippen LogP contribution >= 0.6 is 11.3 Å². The number of nitrogens with zero attached hydrogens (tertiary/aromatic N) is 1. The van der Waals surface area contributed by atoms with Gasteiger partial charge in [0, 0.05) is 6.54 Å². The molecular formula is C8H8F3N3S. The predicted molar refractivity (Wildman–Crippen MR) is 52.6 cm³/mol. The monoisotopic (exact) mass is 235 g/mol. The molecule has 7 heteroatoms. The van der Waals surface area contributed by atoms with Gasteiger partial charge in [-0.15, -0.1) is 11.3 Å². The molecule has 0 fully saturated rings. The molecule has 82 valence electrons. The smallest absolute Gasteiger partial charge is 0.390 e. The molecule has 0 saturated heterocycles. The van der Waals surface area contributed by atoms with Gasteiger partial charge in [-0.25, -0.2) is 0 Å². The number of rotatable bonds is 3. The number of hydrogen-bond donors (Lipinski definition) is 2. The van der Waals surface area contributed by atoms with Gasteiger partial charge in [-0.1, -0.05) is 0 Å². The minimum absolute atomic E-state index is 0.214. The second-order valence-electron chi connectivity index (χ2n) is 2.80. The Labute approximate surface area is 88.3 Å². The summed E-state index contributed by atoms with van der Waals surface area (Å²) in [6.45, 7) is -0.214. The zero-order chi connectivity index (χ0) is 11.5. The summed E-state index contributed by atoms with van der Waals surface area (Å²) in [7, 11) is 0. The van der Waals surface area contributed by atoms with Crippen molar-refractivity contribution in [2.75, 3.05) is 17.6 Å². The Hall–Kier alpha value is -1.42. The minimum atomic E-state index is -4.17. The van der Waals surface area contributed by atoms with Gasteiger partial charge < -0.3 is 11.1 Å². The molecular weight excluding hydrogens is 227 g/mol. The highest BCUT2D eigenvalue weighted by atomic mass is 32.1. The number of hydrogen-bond acceptors (Lipinski definition) is 4. The molecule has 0 amide bonds. The van der Waals surface area contributed by atoms with E-state index in [1.807, 2.05) is 6.07 Å². The van der Waals surface area contributed by atoms with E-state index in [0.717, 1.165) is 11.3 Å². The van der Waals surface area contributed by atoms with Gasteiger partial charge in [-0.3, -0.25) is 0 Å². The standard InChI is InChI=1S/C8H8F3N3S/c9-8(10,11)1-2-14-7-3-5(13)6(4-12)15-7/h3,14H,1-2,13H2. The van der Waals surface area contributed by atoms with Gasteiger partial charge in [-0.05, 0) is 6.07 Å². The van der Waals surface area contributed by atoms with Crippen molar-refractivity contribution in [3.05, 3.63) is 10.9 Å². The Balaban J connectivity index is 2.49. The number of halogens is 3. The highest BCUT2D eigenvalue weighted by Gasteiger charge is 2.26. The van der Waals surface area contributed by atoms with Gasteiger partial charge >= 0.3 is 6.18 Å². The molecule has 0 unspecified atom stereocenters. The first kappa shape index (κ1) is 11.7. The molecule has 0 radical (unpaired) electrons. The summed E-state index contributed by atoms with van der Waals surface area (Å²) >= 11 is 1.05. The van der Waals surface area contributed by atoms with E-state index in [-0.39, 0.29) is 12.2 Å². The highest BCUT2D eigenvalue weighted by Crippen LogP contribution is 2.28. The van der Waals surface area contributed by atoms with E-state index >= 15 is 0 Å². The number of nitrogens with two attached hydrogens (primary N) is 1. The van der Waals surface area contributed by atoms with E-state index in [0.29, 0.717) is 9.88 Å². The number of thiophene rings is 1. The quantitative estimate of drug-likeness (QED) is 0.846. The molecule has 15 heavy (non-hydrogen) atoms. The Kier molecular flexibility index (Phi) is 3.42. The van der Waals surface area contributed by atoms with E-state index in [1.165, 1.54) is 6.07 Å². The van der Waals surface area contributed by atoms with Gasteiger partial charge in [-0.2, -0.15) is 18.4 Å². The Bertz CT molecular complexity index is 377. The second-order valence-corrected chi connectivity index (χ2v) is 3.85. The van der Waals surface area contributed by atoms with Crippen LogP contribution in [-0.2, 0) is 0 Å². The van der Waals surface area contributed by atoms with Crippen LogP contribution < -0.4 is 11.1 Å². The van der Waals surface area contributed by atoms with E-state index < -0.39 is 12.6 Å². The lowest BCUT2D eigenvalue weighted by Crippen LogP contribution is -2.14. The van der Waals surface area contributed by atoms with E-state index in [1.54, 1.807) is 0 Å². The fourth-order valence-electron chi connectivity index (χ4n) is 0.907. The molecule has 0 aliphatic rings. The maximum absolute atomic E-state index is 11.8. The number of nitriles is 1. The van der Waals surface area contributed by atoms with Gasteiger partial charge in [0.1, 0.15) is 10.9 Å². The second kappa shape index (κ2) is 4.40. The lowest BCUT2D eigenvalue weighted by atomic mass is 10.4. The van der Waals surface area contributed by atoms with Gasteiger partial charge in [0.15, 0.2) is 0 Å². The number of alkyl halides is 3. The fourth-order valence-corrected chi connectivity index (χ4v) is 1.71. The lowest BCUT2D eigenvalue weighted by molar-refractivity contribution is -0.131. The molecule has 0 aliphatic carbocycles. The largest absolute Gasteiger partial charge is 0.397 e. The van der Waals surface area contributed by atoms with Crippen molar-refractivity contribution < 1.29 is 13.2 Å². The summed E-state index contributed by atoms with van der Waals surface area (Å²) in [6, 6.07) is 3.31. The summed E-state index contributed by atoms with van der Waals surface area (Å²) in [6.07, 6.45) is -5.08. The van der Waals surface area contributed by atoms with E-state index in [4.69, 9.17) is 11.0 Å². The molecule has 0 saturated carbocycles. The van der Waals surface area contributed by atoms with Crippen molar-refractivity contribution in [1.82, 2.24) is 0 Å². The summed E-state index contributed by atoms with van der Waals surface area (Å²) in [4.78, 5) is 0.310. The fraction of sp³-hybridized carbons (Fsp3) is 0.375. The molecule has 3 N–H and O–H groups in total. The lowest BCUT2D eigenvalue weighted by Gasteiger charge is -2.06. The summed E-state index contributed by atoms with van der Waals surface area (Å²) < 4.78 is 35.4. The normalized spacial score (nSPS) is 11.1. The third kappa shape index (κ3) is 3.67. The highest BCUT2D eigenvalue weighted by molar-refractivity contribution is 7.17. The summed E-state index contributed by atoms with van der Waals surface area (Å²) in [5, 5.41) is 11.6. The maximum atomic E-state index is 11.8. The SMILES string of the molecule is N#Cc1sc(NCCC(F)(F)F)cc1N. The molecule has 0 aromatic carbocycles. The summed E-state index contributed by atoms with van der Waals surface area (Å²) in [5.41, 5.74) is 5.72. The van der Waals surface area contributed by atoms with Crippen molar-refractivity contribution >= 4 is 22.0 Å². The third-order valence-corrected chi connectivity index (χ3v) is 2.58. The van der Waals surface area contributed by atoms with Crippen molar-refractivity contribution in [1.29, 1.82) is 5.26 Å². The van der Waals surface area contributed by atoms with Crippen molar-refractivity contribution in [3.63, 3.8) is 0 Å². The van der Waals surface area contributed by atoms with Crippen molar-refractivity contribution in [3.8, 4) is 6.07 Å². The first-order chi connectivity index (χ1) is 6.92. The van der Waals surface area contributed by atoms with Crippen LogP contribution in [-0.4, -0.2) is 12.7 Å². The first-order valence-corrected chi connectivity index (χ1v) is 4.84. The van der Waals surface area contributed by atoms with Gasteiger partial charge in [0.05, 0.1) is 17.1 Å². The molecule has 0 spiro atoms. The van der Waals surface area contributed by atoms with Crippen LogP contribution in [0.4, 0.5) is 23.9 Å². The van der Waals surface area contributed by atoms with Crippen LogP contribution in [0.15, 0.2) is 6.07 Å². The minimum Gasteiger partial charge on any atom is -0.397 e. The van der Waals surface area contributed by atoms with Crippen LogP contribution in [0.2, 0.25) is 0 Å². The molecule has 3 nitrogen and oxygen atoms in total. The number of nitrogen functional groups attached to an aromatic ring is 1. The van der Waals surface area contributed by atoms with Crippen LogP contribution in [0.3, 0.4) is 0 Å². The number of anilines is 2. The van der Waals surface area contributed by atoms with Crippen LogP contribution in [0.1, 0.15) is 11.3 Å². The molecule has 1 rings (SSSR count). The zero-order valence-electron chi connectivity index (χ0n) is 7.56. The maximum Gasteiger partial charge on any atom is 0.390 e. The Morgan fingerprint density at radius 1 is 1.53 bits per heavy atom. The van der Waals surface area contributed by atoms with E-state index in [9.17, 15) is 13.2 Å². The van der Waals surface area contributed by atoms with Crippen LogP contribution in [0.5, 0.6) is 0 Å². The Morgan fingerprint density at radius 3 is 2.67 bits per heavy atom. The average molecular weight is 235 g/mol. The average Bonchev–Trinajstić information content (AvgIpc) is 2.44. The van der Waals surface area contributed by atoms with Crippen LogP contribution in [0.25, 0.3) is 0 Å². The van der Waals surface area contributed by atoms with Crippen molar-refractivity contribution in [2.45, 2.75) is 12.6 Å². The molecule has 0 bridgehead atoms.